The second-order valence-electron chi connectivity index (χ2n) is 4.76. The first-order valence-corrected chi connectivity index (χ1v) is 7.68. The number of hydrogen-bond donors (Lipinski definition) is 2. The molecule has 2 heterocycles. The fourth-order valence-corrected chi connectivity index (χ4v) is 3.03. The van der Waals surface area contributed by atoms with Crippen LogP contribution in [-0.2, 0) is 4.79 Å². The molecule has 0 aliphatic carbocycles. The van der Waals surface area contributed by atoms with Crippen LogP contribution in [0.5, 0.6) is 0 Å². The molecule has 21 heavy (non-hydrogen) atoms. The molecule has 0 bridgehead atoms. The molecule has 2 amide bonds. The van der Waals surface area contributed by atoms with Gasteiger partial charge in [-0.05, 0) is 13.8 Å². The summed E-state index contributed by atoms with van der Waals surface area (Å²) >= 11 is 1.65. The summed E-state index contributed by atoms with van der Waals surface area (Å²) in [6, 6.07) is -0.702. The largest absolute Gasteiger partial charge is 0.481 e. The lowest BCUT2D eigenvalue weighted by atomic mass is 10.2. The molecule has 0 saturated carbocycles. The normalized spacial score (nSPS) is 18.4. The van der Waals surface area contributed by atoms with E-state index in [0.717, 1.165) is 5.75 Å². The van der Waals surface area contributed by atoms with Crippen LogP contribution in [0.3, 0.4) is 0 Å². The van der Waals surface area contributed by atoms with Gasteiger partial charge in [0.05, 0.1) is 23.9 Å². The van der Waals surface area contributed by atoms with Gasteiger partial charge in [-0.25, -0.2) is 9.78 Å². The van der Waals surface area contributed by atoms with Crippen LogP contribution in [0, 0.1) is 13.8 Å². The molecule has 0 radical (unpaired) electrons. The number of hydrogen-bond acceptors (Lipinski definition) is 6. The molecule has 9 heteroatoms. The predicted molar refractivity (Wildman–Crippen MR) is 78.4 cm³/mol. The average Bonchev–Trinajstić information content (AvgIpc) is 2.43. The summed E-state index contributed by atoms with van der Waals surface area (Å²) in [6.45, 7) is 4.07. The van der Waals surface area contributed by atoms with Gasteiger partial charge in [-0.3, -0.25) is 10.1 Å². The molecule has 2 N–H and O–H groups in total. The Morgan fingerprint density at radius 1 is 1.38 bits per heavy atom. The highest BCUT2D eigenvalue weighted by molar-refractivity contribution is 7.99. The number of rotatable bonds is 3. The molecule has 1 aromatic rings. The van der Waals surface area contributed by atoms with E-state index in [4.69, 9.17) is 5.11 Å². The van der Waals surface area contributed by atoms with Crippen LogP contribution in [-0.4, -0.2) is 61.3 Å². The zero-order chi connectivity index (χ0) is 15.4. The standard InChI is InChI=1S/C12H17N5O3S/c1-7-8(2)15-16-11(13-7)14-12(20)17-3-4-21-6-9(17)5-10(18)19/h9H,3-6H2,1-2H3,(H,18,19)(H,13,14,16,20). The van der Waals surface area contributed by atoms with Crippen LogP contribution in [0.4, 0.5) is 10.7 Å². The summed E-state index contributed by atoms with van der Waals surface area (Å²) in [6.07, 6.45) is -0.0630. The van der Waals surface area contributed by atoms with Gasteiger partial charge in [0.15, 0.2) is 0 Å². The van der Waals surface area contributed by atoms with E-state index in [1.165, 1.54) is 4.90 Å². The van der Waals surface area contributed by atoms with Gasteiger partial charge in [0.2, 0.25) is 0 Å². The van der Waals surface area contributed by atoms with E-state index in [1.807, 2.05) is 0 Å². The molecular weight excluding hydrogens is 294 g/mol. The van der Waals surface area contributed by atoms with Gasteiger partial charge < -0.3 is 10.0 Å². The Bertz CT molecular complexity index is 554. The molecule has 114 valence electrons. The molecular formula is C12H17N5O3S. The summed E-state index contributed by atoms with van der Waals surface area (Å²) in [5, 5.41) is 19.2. The number of urea groups is 1. The fraction of sp³-hybridized carbons (Fsp3) is 0.583. The number of anilines is 1. The first-order valence-electron chi connectivity index (χ1n) is 6.52. The minimum atomic E-state index is -0.913. The Morgan fingerprint density at radius 2 is 2.14 bits per heavy atom. The number of aryl methyl sites for hydroxylation is 2. The van der Waals surface area contributed by atoms with Crippen molar-refractivity contribution in [2.75, 3.05) is 23.4 Å². The Morgan fingerprint density at radius 3 is 2.81 bits per heavy atom. The zero-order valence-electron chi connectivity index (χ0n) is 11.9. The molecule has 1 atom stereocenters. The van der Waals surface area contributed by atoms with Crippen LogP contribution >= 0.6 is 11.8 Å². The Balaban J connectivity index is 2.06. The summed E-state index contributed by atoms with van der Waals surface area (Å²) in [5.41, 5.74) is 1.39. The summed E-state index contributed by atoms with van der Waals surface area (Å²) < 4.78 is 0. The van der Waals surface area contributed by atoms with Crippen molar-refractivity contribution in [3.8, 4) is 0 Å². The van der Waals surface area contributed by atoms with E-state index in [0.29, 0.717) is 23.7 Å². The van der Waals surface area contributed by atoms with E-state index in [2.05, 4.69) is 20.5 Å². The lowest BCUT2D eigenvalue weighted by Crippen LogP contribution is -2.49. The van der Waals surface area contributed by atoms with E-state index in [9.17, 15) is 9.59 Å². The highest BCUT2D eigenvalue weighted by atomic mass is 32.2. The van der Waals surface area contributed by atoms with Crippen molar-refractivity contribution >= 4 is 29.7 Å². The van der Waals surface area contributed by atoms with Gasteiger partial charge in [-0.2, -0.15) is 16.9 Å². The Labute approximate surface area is 126 Å². The third-order valence-corrected chi connectivity index (χ3v) is 4.30. The number of carboxylic acid groups (broad SMARTS) is 1. The van der Waals surface area contributed by atoms with Gasteiger partial charge in [-0.15, -0.1) is 5.10 Å². The lowest BCUT2D eigenvalue weighted by Gasteiger charge is -2.34. The van der Waals surface area contributed by atoms with Crippen LogP contribution in [0.2, 0.25) is 0 Å². The van der Waals surface area contributed by atoms with E-state index in [-0.39, 0.29) is 24.4 Å². The second kappa shape index (κ2) is 6.70. The smallest absolute Gasteiger partial charge is 0.324 e. The molecule has 0 spiro atoms. The highest BCUT2D eigenvalue weighted by Gasteiger charge is 2.29. The highest BCUT2D eigenvalue weighted by Crippen LogP contribution is 2.19. The molecule has 1 aliphatic heterocycles. The van der Waals surface area contributed by atoms with Crippen molar-refractivity contribution < 1.29 is 14.7 Å². The van der Waals surface area contributed by atoms with Crippen molar-refractivity contribution in [3.63, 3.8) is 0 Å². The maximum Gasteiger partial charge on any atom is 0.324 e. The van der Waals surface area contributed by atoms with Crippen LogP contribution in [0.25, 0.3) is 0 Å². The molecule has 1 aliphatic rings. The van der Waals surface area contributed by atoms with Crippen molar-refractivity contribution in [2.24, 2.45) is 0 Å². The number of amides is 2. The third-order valence-electron chi connectivity index (χ3n) is 3.21. The Hall–Kier alpha value is -1.90. The van der Waals surface area contributed by atoms with E-state index < -0.39 is 5.97 Å². The zero-order valence-corrected chi connectivity index (χ0v) is 12.7. The fourth-order valence-electron chi connectivity index (χ4n) is 1.97. The summed E-state index contributed by atoms with van der Waals surface area (Å²) in [4.78, 5) is 28.8. The maximum atomic E-state index is 12.3. The summed E-state index contributed by atoms with van der Waals surface area (Å²) in [5.74, 6) is 0.626. The molecule has 0 aromatic carbocycles. The quantitative estimate of drug-likeness (QED) is 0.854. The summed E-state index contributed by atoms with van der Waals surface area (Å²) in [7, 11) is 0. The third kappa shape index (κ3) is 4.03. The van der Waals surface area contributed by atoms with E-state index >= 15 is 0 Å². The maximum absolute atomic E-state index is 12.3. The first kappa shape index (κ1) is 15.5. The van der Waals surface area contributed by atoms with Gasteiger partial charge in [0.25, 0.3) is 5.95 Å². The first-order chi connectivity index (χ1) is 9.97. The topological polar surface area (TPSA) is 108 Å². The molecule has 1 aromatic heterocycles. The monoisotopic (exact) mass is 311 g/mol. The van der Waals surface area contributed by atoms with Gasteiger partial charge >= 0.3 is 12.0 Å². The molecule has 8 nitrogen and oxygen atoms in total. The minimum absolute atomic E-state index is 0.0630. The minimum Gasteiger partial charge on any atom is -0.481 e. The number of carbonyl (C=O) groups excluding carboxylic acids is 1. The number of thioether (sulfide) groups is 1. The molecule has 1 unspecified atom stereocenters. The number of nitrogens with one attached hydrogen (secondary N) is 1. The van der Waals surface area contributed by atoms with Crippen molar-refractivity contribution in [1.29, 1.82) is 0 Å². The predicted octanol–water partition coefficient (Wildman–Crippen LogP) is 0.912. The molecule has 2 rings (SSSR count). The van der Waals surface area contributed by atoms with Crippen LogP contribution < -0.4 is 5.32 Å². The van der Waals surface area contributed by atoms with Crippen LogP contribution in [0.1, 0.15) is 17.8 Å². The molecule has 1 fully saturated rings. The van der Waals surface area contributed by atoms with Gasteiger partial charge in [-0.1, -0.05) is 0 Å². The molecule has 1 saturated heterocycles. The lowest BCUT2D eigenvalue weighted by molar-refractivity contribution is -0.137. The number of aliphatic carboxylic acids is 1. The van der Waals surface area contributed by atoms with Gasteiger partial charge in [0, 0.05) is 18.1 Å². The number of carbonyl (C=O) groups is 2. The van der Waals surface area contributed by atoms with E-state index in [1.54, 1.807) is 25.6 Å². The van der Waals surface area contributed by atoms with Crippen LogP contribution in [0.15, 0.2) is 0 Å². The van der Waals surface area contributed by atoms with Crippen molar-refractivity contribution in [2.45, 2.75) is 26.3 Å². The van der Waals surface area contributed by atoms with Gasteiger partial charge in [0.1, 0.15) is 0 Å². The average molecular weight is 311 g/mol. The van der Waals surface area contributed by atoms with Crippen molar-refractivity contribution in [1.82, 2.24) is 20.1 Å². The second-order valence-corrected chi connectivity index (χ2v) is 5.91. The van der Waals surface area contributed by atoms with Crippen molar-refractivity contribution in [3.05, 3.63) is 11.4 Å². The number of nitrogens with zero attached hydrogens (tertiary/aromatic N) is 4. The number of carboxylic acids is 1. The SMILES string of the molecule is Cc1nnc(NC(=O)N2CCSCC2CC(=O)O)nc1C. The number of aromatic nitrogens is 3. The Kier molecular flexibility index (Phi) is 4.94.